The lowest BCUT2D eigenvalue weighted by molar-refractivity contribution is -0.122. The zero-order valence-electron chi connectivity index (χ0n) is 12.8. The summed E-state index contributed by atoms with van der Waals surface area (Å²) in [5.41, 5.74) is 1.13. The van der Waals surface area contributed by atoms with Gasteiger partial charge in [-0.25, -0.2) is 4.39 Å². The third-order valence-corrected chi connectivity index (χ3v) is 4.05. The van der Waals surface area contributed by atoms with E-state index in [1.165, 1.54) is 12.1 Å². The molecule has 0 spiro atoms. The SMILES string of the molecule is CCNC(=O)CN1CCN([C@H](C)c2ccc(F)cc2)CC1. The first-order valence-electron chi connectivity index (χ1n) is 7.58. The average Bonchev–Trinajstić information content (AvgIpc) is 2.48. The Kier molecular flexibility index (Phi) is 5.70. The van der Waals surface area contributed by atoms with Crippen LogP contribution in [0, 0.1) is 5.82 Å². The zero-order chi connectivity index (χ0) is 15.2. The number of hydrogen-bond donors (Lipinski definition) is 1. The smallest absolute Gasteiger partial charge is 0.234 e. The highest BCUT2D eigenvalue weighted by Crippen LogP contribution is 2.21. The van der Waals surface area contributed by atoms with Crippen LogP contribution in [0.25, 0.3) is 0 Å². The number of nitrogens with zero attached hydrogens (tertiary/aromatic N) is 2. The number of nitrogens with one attached hydrogen (secondary N) is 1. The van der Waals surface area contributed by atoms with Crippen molar-refractivity contribution in [2.75, 3.05) is 39.3 Å². The summed E-state index contributed by atoms with van der Waals surface area (Å²) < 4.78 is 13.0. The van der Waals surface area contributed by atoms with Crippen molar-refractivity contribution in [2.45, 2.75) is 19.9 Å². The lowest BCUT2D eigenvalue weighted by atomic mass is 10.1. The van der Waals surface area contributed by atoms with Gasteiger partial charge in [0.25, 0.3) is 0 Å². The maximum absolute atomic E-state index is 13.0. The van der Waals surface area contributed by atoms with E-state index < -0.39 is 0 Å². The van der Waals surface area contributed by atoms with Crippen LogP contribution in [0.5, 0.6) is 0 Å². The highest BCUT2D eigenvalue weighted by molar-refractivity contribution is 5.77. The van der Waals surface area contributed by atoms with E-state index in [-0.39, 0.29) is 17.8 Å². The van der Waals surface area contributed by atoms with Crippen molar-refractivity contribution >= 4 is 5.91 Å². The van der Waals surface area contributed by atoms with E-state index in [9.17, 15) is 9.18 Å². The van der Waals surface area contributed by atoms with Gasteiger partial charge in [0, 0.05) is 38.8 Å². The summed E-state index contributed by atoms with van der Waals surface area (Å²) in [6.45, 7) is 8.88. The maximum Gasteiger partial charge on any atom is 0.234 e. The van der Waals surface area contributed by atoms with Gasteiger partial charge >= 0.3 is 0 Å². The highest BCUT2D eigenvalue weighted by atomic mass is 19.1. The number of likely N-dealkylation sites (N-methyl/N-ethyl adjacent to an activating group) is 1. The lowest BCUT2D eigenvalue weighted by Gasteiger charge is -2.37. The molecule has 1 heterocycles. The average molecular weight is 293 g/mol. The first kappa shape index (κ1) is 15.9. The molecule has 5 heteroatoms. The van der Waals surface area contributed by atoms with Gasteiger partial charge in [0.15, 0.2) is 0 Å². The Morgan fingerprint density at radius 3 is 2.43 bits per heavy atom. The van der Waals surface area contributed by atoms with Crippen LogP contribution in [0.4, 0.5) is 4.39 Å². The summed E-state index contributed by atoms with van der Waals surface area (Å²) in [6.07, 6.45) is 0. The number of carbonyl (C=O) groups is 1. The van der Waals surface area contributed by atoms with Gasteiger partial charge in [-0.1, -0.05) is 12.1 Å². The molecule has 1 saturated heterocycles. The second kappa shape index (κ2) is 7.52. The van der Waals surface area contributed by atoms with Gasteiger partial charge in [0.2, 0.25) is 5.91 Å². The molecule has 1 aliphatic heterocycles. The second-order valence-electron chi connectivity index (χ2n) is 5.49. The van der Waals surface area contributed by atoms with Crippen molar-refractivity contribution in [1.29, 1.82) is 0 Å². The van der Waals surface area contributed by atoms with Crippen molar-refractivity contribution < 1.29 is 9.18 Å². The summed E-state index contributed by atoms with van der Waals surface area (Å²) in [7, 11) is 0. The van der Waals surface area contributed by atoms with E-state index in [1.54, 1.807) is 0 Å². The van der Waals surface area contributed by atoms with Crippen LogP contribution in [0.1, 0.15) is 25.5 Å². The number of carbonyl (C=O) groups excluding carboxylic acids is 1. The molecule has 2 rings (SSSR count). The minimum absolute atomic E-state index is 0.0949. The molecule has 1 N–H and O–H groups in total. The van der Waals surface area contributed by atoms with Gasteiger partial charge in [-0.15, -0.1) is 0 Å². The molecule has 0 aromatic heterocycles. The number of benzene rings is 1. The summed E-state index contributed by atoms with van der Waals surface area (Å²) in [6, 6.07) is 6.99. The molecule has 0 radical (unpaired) electrons. The largest absolute Gasteiger partial charge is 0.355 e. The van der Waals surface area contributed by atoms with Crippen LogP contribution in [-0.4, -0.2) is 55.0 Å². The topological polar surface area (TPSA) is 35.6 Å². The minimum Gasteiger partial charge on any atom is -0.355 e. The molecular formula is C16H24FN3O. The van der Waals surface area contributed by atoms with Crippen LogP contribution in [0.3, 0.4) is 0 Å². The van der Waals surface area contributed by atoms with E-state index in [1.807, 2.05) is 19.1 Å². The predicted octanol–water partition coefficient (Wildman–Crippen LogP) is 1.64. The van der Waals surface area contributed by atoms with Gasteiger partial charge in [-0.3, -0.25) is 14.6 Å². The van der Waals surface area contributed by atoms with Gasteiger partial charge in [0.05, 0.1) is 6.54 Å². The Morgan fingerprint density at radius 2 is 1.86 bits per heavy atom. The molecule has 0 bridgehead atoms. The Hall–Kier alpha value is -1.46. The summed E-state index contributed by atoms with van der Waals surface area (Å²) in [5, 5.41) is 2.83. The molecule has 0 saturated carbocycles. The van der Waals surface area contributed by atoms with Crippen molar-refractivity contribution in [3.05, 3.63) is 35.6 Å². The molecule has 116 valence electrons. The van der Waals surface area contributed by atoms with E-state index in [0.717, 1.165) is 31.7 Å². The number of piperazine rings is 1. The third kappa shape index (κ3) is 4.51. The van der Waals surface area contributed by atoms with Crippen molar-refractivity contribution in [2.24, 2.45) is 0 Å². The summed E-state index contributed by atoms with van der Waals surface area (Å²) >= 11 is 0. The lowest BCUT2D eigenvalue weighted by Crippen LogP contribution is -2.49. The quantitative estimate of drug-likeness (QED) is 0.896. The third-order valence-electron chi connectivity index (χ3n) is 4.05. The Bertz CT molecular complexity index is 455. The van der Waals surface area contributed by atoms with E-state index in [0.29, 0.717) is 13.1 Å². The van der Waals surface area contributed by atoms with Gasteiger partial charge in [0.1, 0.15) is 5.82 Å². The fourth-order valence-corrected chi connectivity index (χ4v) is 2.72. The van der Waals surface area contributed by atoms with E-state index >= 15 is 0 Å². The van der Waals surface area contributed by atoms with Crippen molar-refractivity contribution in [1.82, 2.24) is 15.1 Å². The summed E-state index contributed by atoms with van der Waals surface area (Å²) in [4.78, 5) is 16.1. The zero-order valence-corrected chi connectivity index (χ0v) is 12.8. The Labute approximate surface area is 125 Å². The van der Waals surface area contributed by atoms with Crippen LogP contribution in [0.15, 0.2) is 24.3 Å². The standard InChI is InChI=1S/C16H24FN3O/c1-3-18-16(21)12-19-8-10-20(11-9-19)13(2)14-4-6-15(17)7-5-14/h4-7,13H,3,8-12H2,1-2H3,(H,18,21)/t13-/m1/s1. The normalized spacial score (nSPS) is 18.4. The van der Waals surface area contributed by atoms with Crippen LogP contribution in [-0.2, 0) is 4.79 Å². The first-order valence-corrected chi connectivity index (χ1v) is 7.58. The van der Waals surface area contributed by atoms with Gasteiger partial charge in [-0.05, 0) is 31.5 Å². The van der Waals surface area contributed by atoms with Crippen molar-refractivity contribution in [3.8, 4) is 0 Å². The monoisotopic (exact) mass is 293 g/mol. The predicted molar refractivity (Wildman–Crippen MR) is 81.5 cm³/mol. The minimum atomic E-state index is -0.197. The van der Waals surface area contributed by atoms with Gasteiger partial charge < -0.3 is 5.32 Å². The Morgan fingerprint density at radius 1 is 1.24 bits per heavy atom. The van der Waals surface area contributed by atoms with E-state index in [2.05, 4.69) is 22.0 Å². The highest BCUT2D eigenvalue weighted by Gasteiger charge is 2.22. The molecule has 1 aromatic rings. The summed E-state index contributed by atoms with van der Waals surface area (Å²) in [5.74, 6) is -0.102. The molecule has 0 aliphatic carbocycles. The molecule has 1 fully saturated rings. The molecule has 4 nitrogen and oxygen atoms in total. The fraction of sp³-hybridized carbons (Fsp3) is 0.562. The maximum atomic E-state index is 13.0. The van der Waals surface area contributed by atoms with Crippen LogP contribution >= 0.6 is 0 Å². The number of rotatable bonds is 5. The molecule has 1 atom stereocenters. The molecule has 1 amide bonds. The molecule has 0 unspecified atom stereocenters. The Balaban J connectivity index is 1.83. The molecule has 21 heavy (non-hydrogen) atoms. The second-order valence-corrected chi connectivity index (χ2v) is 5.49. The first-order chi connectivity index (χ1) is 10.1. The number of amides is 1. The van der Waals surface area contributed by atoms with E-state index in [4.69, 9.17) is 0 Å². The van der Waals surface area contributed by atoms with Gasteiger partial charge in [-0.2, -0.15) is 0 Å². The molecule has 1 aliphatic rings. The fourth-order valence-electron chi connectivity index (χ4n) is 2.72. The van der Waals surface area contributed by atoms with Crippen molar-refractivity contribution in [3.63, 3.8) is 0 Å². The molecular weight excluding hydrogens is 269 g/mol. The van der Waals surface area contributed by atoms with Crippen LogP contribution < -0.4 is 5.32 Å². The number of hydrogen-bond acceptors (Lipinski definition) is 3. The molecule has 1 aromatic carbocycles. The van der Waals surface area contributed by atoms with Crippen LogP contribution in [0.2, 0.25) is 0 Å². The number of halogens is 1.